The number of methoxy groups -OCH3 is 1. The molecule has 3 rings (SSSR count). The van der Waals surface area contributed by atoms with Crippen LogP contribution in [0.25, 0.3) is 0 Å². The SMILES string of the molecule is COc1cccc(Nc2ncnc(Nc3ccccc3C(F)(F)F)c2N)c1. The fraction of sp³-hybridized carbons (Fsp3) is 0.111. The van der Waals surface area contributed by atoms with Gasteiger partial charge in [0.15, 0.2) is 11.6 Å². The Morgan fingerprint density at radius 2 is 1.67 bits per heavy atom. The van der Waals surface area contributed by atoms with Crippen LogP contribution >= 0.6 is 0 Å². The second-order valence-corrected chi connectivity index (χ2v) is 5.51. The van der Waals surface area contributed by atoms with E-state index in [4.69, 9.17) is 10.5 Å². The number of hydrogen-bond acceptors (Lipinski definition) is 6. The molecule has 0 atom stereocenters. The van der Waals surface area contributed by atoms with Crippen molar-refractivity contribution in [3.05, 3.63) is 60.4 Å². The molecule has 0 saturated carbocycles. The van der Waals surface area contributed by atoms with Crippen molar-refractivity contribution < 1.29 is 17.9 Å². The van der Waals surface area contributed by atoms with E-state index in [9.17, 15) is 13.2 Å². The first kappa shape index (κ1) is 18.3. The van der Waals surface area contributed by atoms with Gasteiger partial charge in [0.25, 0.3) is 0 Å². The van der Waals surface area contributed by atoms with Crippen LogP contribution in [0.4, 0.5) is 41.9 Å². The number of nitrogens with one attached hydrogen (secondary N) is 2. The third-order valence-corrected chi connectivity index (χ3v) is 3.70. The number of halogens is 3. The summed E-state index contributed by atoms with van der Waals surface area (Å²) in [5, 5.41) is 5.63. The molecule has 27 heavy (non-hydrogen) atoms. The van der Waals surface area contributed by atoms with Gasteiger partial charge in [0.1, 0.15) is 17.8 Å². The first-order chi connectivity index (χ1) is 12.9. The zero-order valence-electron chi connectivity index (χ0n) is 14.2. The number of aromatic nitrogens is 2. The van der Waals surface area contributed by atoms with Crippen LogP contribution in [-0.2, 0) is 6.18 Å². The molecular formula is C18H16F3N5O. The number of nitrogens with zero attached hydrogens (tertiary/aromatic N) is 2. The van der Waals surface area contributed by atoms with Crippen molar-refractivity contribution in [2.45, 2.75) is 6.18 Å². The fourth-order valence-electron chi connectivity index (χ4n) is 2.40. The number of rotatable bonds is 5. The van der Waals surface area contributed by atoms with E-state index >= 15 is 0 Å². The summed E-state index contributed by atoms with van der Waals surface area (Å²) in [6.07, 6.45) is -3.30. The highest BCUT2D eigenvalue weighted by Crippen LogP contribution is 2.37. The van der Waals surface area contributed by atoms with Gasteiger partial charge in [-0.2, -0.15) is 13.2 Å². The molecule has 0 spiro atoms. The van der Waals surface area contributed by atoms with E-state index in [0.717, 1.165) is 6.07 Å². The summed E-state index contributed by atoms with van der Waals surface area (Å²) in [6.45, 7) is 0. The van der Waals surface area contributed by atoms with Crippen LogP contribution in [0.15, 0.2) is 54.9 Å². The third kappa shape index (κ3) is 4.20. The van der Waals surface area contributed by atoms with Crippen molar-refractivity contribution in [3.8, 4) is 5.75 Å². The van der Waals surface area contributed by atoms with E-state index in [2.05, 4.69) is 20.6 Å². The minimum Gasteiger partial charge on any atom is -0.497 e. The maximum Gasteiger partial charge on any atom is 0.418 e. The average molecular weight is 375 g/mol. The Morgan fingerprint density at radius 1 is 0.963 bits per heavy atom. The van der Waals surface area contributed by atoms with Crippen molar-refractivity contribution in [2.24, 2.45) is 0 Å². The predicted molar refractivity (Wildman–Crippen MR) is 97.4 cm³/mol. The lowest BCUT2D eigenvalue weighted by Crippen LogP contribution is -2.10. The third-order valence-electron chi connectivity index (χ3n) is 3.70. The monoisotopic (exact) mass is 375 g/mol. The van der Waals surface area contributed by atoms with Crippen molar-refractivity contribution in [1.29, 1.82) is 0 Å². The molecule has 2 aromatic carbocycles. The standard InChI is InChI=1S/C18H16F3N5O/c1-27-12-6-4-5-11(9-12)25-16-15(22)17(24-10-23-16)26-14-8-3-2-7-13(14)18(19,20)21/h2-10H,22H2,1H3,(H2,23,24,25,26). The van der Waals surface area contributed by atoms with Crippen LogP contribution in [-0.4, -0.2) is 17.1 Å². The van der Waals surface area contributed by atoms with Gasteiger partial charge in [0, 0.05) is 11.8 Å². The molecule has 0 unspecified atom stereocenters. The maximum absolute atomic E-state index is 13.2. The summed E-state index contributed by atoms with van der Waals surface area (Å²) in [4.78, 5) is 8.01. The molecule has 0 aliphatic heterocycles. The molecule has 1 aromatic heterocycles. The van der Waals surface area contributed by atoms with Crippen LogP contribution in [0.3, 0.4) is 0 Å². The zero-order valence-corrected chi connectivity index (χ0v) is 14.2. The molecule has 0 aliphatic carbocycles. The van der Waals surface area contributed by atoms with Gasteiger partial charge in [-0.3, -0.25) is 0 Å². The second-order valence-electron chi connectivity index (χ2n) is 5.51. The Bertz CT molecular complexity index is 946. The smallest absolute Gasteiger partial charge is 0.418 e. The summed E-state index contributed by atoms with van der Waals surface area (Å²) in [5.41, 5.74) is 5.82. The highest BCUT2D eigenvalue weighted by molar-refractivity contribution is 5.81. The summed E-state index contributed by atoms with van der Waals surface area (Å²) in [5.74, 6) is 0.947. The summed E-state index contributed by atoms with van der Waals surface area (Å²) < 4.78 is 44.6. The van der Waals surface area contributed by atoms with Gasteiger partial charge in [-0.05, 0) is 24.3 Å². The van der Waals surface area contributed by atoms with E-state index in [1.807, 2.05) is 0 Å². The Kier molecular flexibility index (Phi) is 5.02. The number of anilines is 5. The number of para-hydroxylation sites is 1. The molecule has 9 heteroatoms. The lowest BCUT2D eigenvalue weighted by molar-refractivity contribution is -0.136. The zero-order chi connectivity index (χ0) is 19.4. The summed E-state index contributed by atoms with van der Waals surface area (Å²) >= 11 is 0. The van der Waals surface area contributed by atoms with Gasteiger partial charge >= 0.3 is 6.18 Å². The summed E-state index contributed by atoms with van der Waals surface area (Å²) in [7, 11) is 1.54. The number of benzene rings is 2. The van der Waals surface area contributed by atoms with E-state index in [1.54, 1.807) is 24.3 Å². The van der Waals surface area contributed by atoms with E-state index in [1.165, 1.54) is 31.6 Å². The lowest BCUT2D eigenvalue weighted by atomic mass is 10.1. The van der Waals surface area contributed by atoms with Crippen LogP contribution < -0.4 is 21.1 Å². The highest BCUT2D eigenvalue weighted by Gasteiger charge is 2.33. The van der Waals surface area contributed by atoms with Gasteiger partial charge in [-0.15, -0.1) is 0 Å². The van der Waals surface area contributed by atoms with Crippen molar-refractivity contribution in [2.75, 3.05) is 23.5 Å². The molecule has 4 N–H and O–H groups in total. The molecule has 0 saturated heterocycles. The number of nitrogens with two attached hydrogens (primary N) is 1. The second kappa shape index (κ2) is 7.40. The number of hydrogen-bond donors (Lipinski definition) is 3. The van der Waals surface area contributed by atoms with Gasteiger partial charge in [0.05, 0.1) is 18.4 Å². The quantitative estimate of drug-likeness (QED) is 0.606. The molecule has 0 radical (unpaired) electrons. The van der Waals surface area contributed by atoms with Crippen molar-refractivity contribution >= 4 is 28.7 Å². The molecule has 0 aliphatic rings. The van der Waals surface area contributed by atoms with Crippen molar-refractivity contribution in [3.63, 3.8) is 0 Å². The van der Waals surface area contributed by atoms with Gasteiger partial charge in [-0.1, -0.05) is 18.2 Å². The molecule has 1 heterocycles. The largest absolute Gasteiger partial charge is 0.497 e. The molecule has 3 aromatic rings. The average Bonchev–Trinajstić information content (AvgIpc) is 2.65. The number of ether oxygens (including phenoxy) is 1. The fourth-order valence-corrected chi connectivity index (χ4v) is 2.40. The van der Waals surface area contributed by atoms with E-state index in [-0.39, 0.29) is 23.0 Å². The molecule has 0 bridgehead atoms. The summed E-state index contributed by atoms with van der Waals surface area (Å²) in [6, 6.07) is 12.1. The first-order valence-electron chi connectivity index (χ1n) is 7.83. The topological polar surface area (TPSA) is 85.1 Å². The number of nitrogen functional groups attached to an aromatic ring is 1. The minimum atomic E-state index is -4.51. The Morgan fingerprint density at radius 3 is 2.37 bits per heavy atom. The molecular weight excluding hydrogens is 359 g/mol. The van der Waals surface area contributed by atoms with Gasteiger partial charge < -0.3 is 21.1 Å². The van der Waals surface area contributed by atoms with Crippen LogP contribution in [0, 0.1) is 0 Å². The molecule has 0 amide bonds. The normalized spacial score (nSPS) is 11.1. The van der Waals surface area contributed by atoms with Crippen LogP contribution in [0.5, 0.6) is 5.75 Å². The molecule has 0 fully saturated rings. The lowest BCUT2D eigenvalue weighted by Gasteiger charge is -2.16. The Hall–Kier alpha value is -3.49. The predicted octanol–water partition coefficient (Wildman–Crippen LogP) is 4.57. The van der Waals surface area contributed by atoms with E-state index < -0.39 is 11.7 Å². The van der Waals surface area contributed by atoms with Crippen LogP contribution in [0.2, 0.25) is 0 Å². The maximum atomic E-state index is 13.2. The number of alkyl halides is 3. The van der Waals surface area contributed by atoms with Crippen LogP contribution in [0.1, 0.15) is 5.56 Å². The van der Waals surface area contributed by atoms with Crippen molar-refractivity contribution in [1.82, 2.24) is 9.97 Å². The highest BCUT2D eigenvalue weighted by atomic mass is 19.4. The molecule has 6 nitrogen and oxygen atoms in total. The Balaban J connectivity index is 1.90. The minimum absolute atomic E-state index is 0.0621. The molecule has 140 valence electrons. The Labute approximate surface area is 153 Å². The van der Waals surface area contributed by atoms with Gasteiger partial charge in [0.2, 0.25) is 0 Å². The van der Waals surface area contributed by atoms with E-state index in [0.29, 0.717) is 11.4 Å². The van der Waals surface area contributed by atoms with Gasteiger partial charge in [-0.25, -0.2) is 9.97 Å². The first-order valence-corrected chi connectivity index (χ1v) is 7.83.